The second-order valence-corrected chi connectivity index (χ2v) is 11.6. The zero-order valence-corrected chi connectivity index (χ0v) is 26.4. The second-order valence-electron chi connectivity index (χ2n) is 11.6. The third kappa shape index (κ3) is 6.93. The summed E-state index contributed by atoms with van der Waals surface area (Å²) in [6.45, 7) is 2.12. The van der Waals surface area contributed by atoms with Crippen molar-refractivity contribution in [2.24, 2.45) is 0 Å². The Morgan fingerprint density at radius 3 is 0.957 bits per heavy atom. The van der Waals surface area contributed by atoms with E-state index in [1.807, 2.05) is 0 Å². The second kappa shape index (κ2) is 13.9. The minimum absolute atomic E-state index is 1.13. The van der Waals surface area contributed by atoms with Gasteiger partial charge in [0.25, 0.3) is 0 Å². The van der Waals surface area contributed by atoms with Gasteiger partial charge in [0.05, 0.1) is 0 Å². The Bertz CT molecular complexity index is 1990. The lowest BCUT2D eigenvalue weighted by Gasteiger charge is -2.25. The molecule has 0 bridgehead atoms. The highest BCUT2D eigenvalue weighted by Gasteiger charge is 2.13. The van der Waals surface area contributed by atoms with Crippen molar-refractivity contribution in [1.82, 2.24) is 0 Å². The fourth-order valence-corrected chi connectivity index (χ4v) is 5.84. The molecule has 0 aromatic heterocycles. The van der Waals surface area contributed by atoms with Crippen LogP contribution in [0, 0.1) is 6.92 Å². The van der Waals surface area contributed by atoms with Crippen LogP contribution >= 0.6 is 0 Å². The first-order valence-corrected chi connectivity index (χ1v) is 16.0. The molecule has 0 heterocycles. The van der Waals surface area contributed by atoms with Gasteiger partial charge in [-0.3, -0.25) is 0 Å². The summed E-state index contributed by atoms with van der Waals surface area (Å²) in [5.74, 6) is 0. The first-order chi connectivity index (χ1) is 23.2. The Hall–Kier alpha value is -6.12. The van der Waals surface area contributed by atoms with Gasteiger partial charge in [-0.1, -0.05) is 133 Å². The van der Waals surface area contributed by atoms with Crippen LogP contribution in [0.4, 0.5) is 34.1 Å². The predicted octanol–water partition coefficient (Wildman–Crippen LogP) is 12.8. The van der Waals surface area contributed by atoms with E-state index in [9.17, 15) is 0 Å². The topological polar surface area (TPSA) is 6.48 Å². The molecule has 0 spiro atoms. The van der Waals surface area contributed by atoms with Gasteiger partial charge in [-0.25, -0.2) is 0 Å². The van der Waals surface area contributed by atoms with Crippen LogP contribution in [0.15, 0.2) is 188 Å². The third-order valence-corrected chi connectivity index (χ3v) is 8.32. The van der Waals surface area contributed by atoms with Crippen molar-refractivity contribution in [3.05, 3.63) is 205 Å². The Balaban J connectivity index is 1.06. The molecule has 0 radical (unpaired) electrons. The van der Waals surface area contributed by atoms with Crippen molar-refractivity contribution in [3.63, 3.8) is 0 Å². The van der Waals surface area contributed by atoms with Crippen molar-refractivity contribution in [2.75, 3.05) is 9.80 Å². The number of rotatable bonds is 9. The minimum Gasteiger partial charge on any atom is -0.311 e. The van der Waals surface area contributed by atoms with E-state index in [2.05, 4.69) is 217 Å². The van der Waals surface area contributed by atoms with E-state index in [1.54, 1.807) is 0 Å². The molecule has 7 rings (SSSR count). The Morgan fingerprint density at radius 1 is 0.298 bits per heavy atom. The molecule has 0 aliphatic rings. The van der Waals surface area contributed by atoms with Gasteiger partial charge in [0.2, 0.25) is 0 Å². The van der Waals surface area contributed by atoms with Gasteiger partial charge in [-0.15, -0.1) is 0 Å². The molecule has 2 nitrogen and oxygen atoms in total. The molecule has 0 N–H and O–H groups in total. The molecule has 0 amide bonds. The smallest absolute Gasteiger partial charge is 0.0462 e. The van der Waals surface area contributed by atoms with E-state index in [0.29, 0.717) is 0 Å². The number of nitrogens with zero attached hydrogens (tertiary/aromatic N) is 2. The van der Waals surface area contributed by atoms with Gasteiger partial charge in [0.1, 0.15) is 0 Å². The summed E-state index contributed by atoms with van der Waals surface area (Å²) in [4.78, 5) is 4.57. The highest BCUT2D eigenvalue weighted by molar-refractivity contribution is 5.80. The molecule has 7 aromatic rings. The molecule has 0 unspecified atom stereocenters. The Labute approximate surface area is 278 Å². The van der Waals surface area contributed by atoms with Crippen LogP contribution in [0.3, 0.4) is 0 Å². The van der Waals surface area contributed by atoms with Crippen LogP contribution < -0.4 is 9.80 Å². The molecular formula is C45H36N2. The molecule has 2 heteroatoms. The van der Waals surface area contributed by atoms with Crippen molar-refractivity contribution >= 4 is 46.3 Å². The summed E-state index contributed by atoms with van der Waals surface area (Å²) in [7, 11) is 0. The third-order valence-electron chi connectivity index (χ3n) is 8.32. The molecular weight excluding hydrogens is 569 g/mol. The van der Waals surface area contributed by atoms with Crippen molar-refractivity contribution < 1.29 is 0 Å². The van der Waals surface area contributed by atoms with Gasteiger partial charge in [-0.2, -0.15) is 0 Å². The fraction of sp³-hybridized carbons (Fsp3) is 0.0222. The zero-order valence-electron chi connectivity index (χ0n) is 26.4. The fourth-order valence-electron chi connectivity index (χ4n) is 5.84. The first kappa shape index (κ1) is 29.6. The molecule has 0 saturated heterocycles. The summed E-state index contributed by atoms with van der Waals surface area (Å²) in [6, 6.07) is 66.5. The van der Waals surface area contributed by atoms with Crippen LogP contribution in [-0.2, 0) is 0 Å². The molecule has 226 valence electrons. The standard InChI is InChI=1S/C45H36N2/c1-35-17-29-43(30-18-35)47(42-15-9-4-10-16-42)44-31-23-37(24-32-44)20-19-36-21-25-38(26-22-36)39-27-33-45(34-28-39)46(40-11-5-2-6-12-40)41-13-7-3-8-14-41/h2-34H,1H3/b20-19+. The summed E-state index contributed by atoms with van der Waals surface area (Å²) in [5, 5.41) is 0. The number of aryl methyl sites for hydroxylation is 1. The van der Waals surface area contributed by atoms with Gasteiger partial charge >= 0.3 is 0 Å². The van der Waals surface area contributed by atoms with Crippen molar-refractivity contribution in [3.8, 4) is 11.1 Å². The first-order valence-electron chi connectivity index (χ1n) is 16.0. The Morgan fingerprint density at radius 2 is 0.574 bits per heavy atom. The summed E-state index contributed by atoms with van der Waals surface area (Å²) in [5.41, 5.74) is 12.8. The van der Waals surface area contributed by atoms with Crippen LogP contribution in [0.25, 0.3) is 23.3 Å². The van der Waals surface area contributed by atoms with E-state index < -0.39 is 0 Å². The molecule has 0 aliphatic carbocycles. The summed E-state index contributed by atoms with van der Waals surface area (Å²) in [6.07, 6.45) is 4.35. The SMILES string of the molecule is Cc1ccc(N(c2ccccc2)c2ccc(/C=C/c3ccc(-c4ccc(N(c5ccccc5)c5ccccc5)cc4)cc3)cc2)cc1. The van der Waals surface area contributed by atoms with Crippen molar-refractivity contribution in [2.45, 2.75) is 6.92 Å². The highest BCUT2D eigenvalue weighted by atomic mass is 15.1. The van der Waals surface area contributed by atoms with Crippen molar-refractivity contribution in [1.29, 1.82) is 0 Å². The molecule has 0 fully saturated rings. The van der Waals surface area contributed by atoms with E-state index in [0.717, 1.165) is 39.7 Å². The van der Waals surface area contributed by atoms with E-state index >= 15 is 0 Å². The van der Waals surface area contributed by atoms with E-state index in [1.165, 1.54) is 22.3 Å². The number of benzene rings is 7. The zero-order chi connectivity index (χ0) is 31.8. The van der Waals surface area contributed by atoms with E-state index in [-0.39, 0.29) is 0 Å². The highest BCUT2D eigenvalue weighted by Crippen LogP contribution is 2.36. The average molecular weight is 605 g/mol. The maximum absolute atomic E-state index is 2.29. The monoisotopic (exact) mass is 604 g/mol. The maximum Gasteiger partial charge on any atom is 0.0462 e. The van der Waals surface area contributed by atoms with Crippen LogP contribution in [0.1, 0.15) is 16.7 Å². The molecule has 0 saturated carbocycles. The van der Waals surface area contributed by atoms with Gasteiger partial charge in [0, 0.05) is 34.1 Å². The normalized spacial score (nSPS) is 11.0. The maximum atomic E-state index is 2.29. The molecule has 0 atom stereocenters. The quantitative estimate of drug-likeness (QED) is 0.151. The number of hydrogen-bond donors (Lipinski definition) is 0. The lowest BCUT2D eigenvalue weighted by molar-refractivity contribution is 1.27. The van der Waals surface area contributed by atoms with Crippen LogP contribution in [0.2, 0.25) is 0 Å². The number of hydrogen-bond acceptors (Lipinski definition) is 2. The molecule has 7 aromatic carbocycles. The molecule has 47 heavy (non-hydrogen) atoms. The van der Waals surface area contributed by atoms with Gasteiger partial charge in [-0.05, 0) is 102 Å². The lowest BCUT2D eigenvalue weighted by atomic mass is 10.0. The van der Waals surface area contributed by atoms with E-state index in [4.69, 9.17) is 0 Å². The van der Waals surface area contributed by atoms with Gasteiger partial charge < -0.3 is 9.80 Å². The molecule has 0 aliphatic heterocycles. The predicted molar refractivity (Wildman–Crippen MR) is 201 cm³/mol. The van der Waals surface area contributed by atoms with Crippen LogP contribution in [-0.4, -0.2) is 0 Å². The summed E-state index contributed by atoms with van der Waals surface area (Å²) < 4.78 is 0. The number of para-hydroxylation sites is 3. The Kier molecular flexibility index (Phi) is 8.74. The van der Waals surface area contributed by atoms with Gasteiger partial charge in [0.15, 0.2) is 0 Å². The average Bonchev–Trinajstić information content (AvgIpc) is 3.14. The largest absolute Gasteiger partial charge is 0.311 e. The minimum atomic E-state index is 1.13. The lowest BCUT2D eigenvalue weighted by Crippen LogP contribution is -2.09. The number of anilines is 6. The summed E-state index contributed by atoms with van der Waals surface area (Å²) >= 11 is 0. The van der Waals surface area contributed by atoms with Crippen LogP contribution in [0.5, 0.6) is 0 Å².